The average Bonchev–Trinajstić information content (AvgIpc) is 2.97. The molecule has 2 aromatic rings. The van der Waals surface area contributed by atoms with Gasteiger partial charge in [-0.2, -0.15) is 8.78 Å². The van der Waals surface area contributed by atoms with E-state index in [1.807, 2.05) is 0 Å². The van der Waals surface area contributed by atoms with Crippen LogP contribution >= 0.6 is 0 Å². The van der Waals surface area contributed by atoms with Gasteiger partial charge in [-0.25, -0.2) is 13.8 Å². The number of benzene rings is 1. The normalized spacial score (nSPS) is 12.7. The molecule has 0 fully saturated rings. The molecule has 0 aliphatic carbocycles. The van der Waals surface area contributed by atoms with E-state index in [0.717, 1.165) is 18.3 Å². The number of carbonyl (C=O) groups is 1. The van der Waals surface area contributed by atoms with Crippen molar-refractivity contribution in [1.82, 2.24) is 14.5 Å². The average molecular weight is 344 g/mol. The number of hydrogen-bond donors (Lipinski definition) is 1. The predicted molar refractivity (Wildman–Crippen MR) is 79.4 cm³/mol. The fourth-order valence-corrected chi connectivity index (χ4v) is 2.03. The SMILES string of the molecule is CC(C(=O)Nc1ccc(F)cc1F)N(C)Cc1nccn1C(F)F. The van der Waals surface area contributed by atoms with Crippen LogP contribution in [0, 0.1) is 11.6 Å². The van der Waals surface area contributed by atoms with Gasteiger partial charge in [0.2, 0.25) is 5.91 Å². The molecular formula is C15H16F4N4O. The minimum absolute atomic E-state index is 0.00216. The minimum Gasteiger partial charge on any atom is -0.322 e. The Morgan fingerprint density at radius 3 is 2.71 bits per heavy atom. The molecule has 1 unspecified atom stereocenters. The highest BCUT2D eigenvalue weighted by Crippen LogP contribution is 2.17. The van der Waals surface area contributed by atoms with Crippen LogP contribution in [0.25, 0.3) is 0 Å². The quantitative estimate of drug-likeness (QED) is 0.820. The molecule has 0 aliphatic heterocycles. The number of imidazole rings is 1. The molecule has 0 saturated carbocycles. The Balaban J connectivity index is 2.02. The van der Waals surface area contributed by atoms with Gasteiger partial charge in [-0.1, -0.05) is 0 Å². The van der Waals surface area contributed by atoms with Crippen LogP contribution in [0.2, 0.25) is 0 Å². The summed E-state index contributed by atoms with van der Waals surface area (Å²) in [5, 5.41) is 2.34. The third-order valence-corrected chi connectivity index (χ3v) is 3.58. The molecule has 0 bridgehead atoms. The van der Waals surface area contributed by atoms with Gasteiger partial charge >= 0.3 is 6.55 Å². The topological polar surface area (TPSA) is 50.2 Å². The highest BCUT2D eigenvalue weighted by molar-refractivity contribution is 5.94. The number of nitrogens with one attached hydrogen (secondary N) is 1. The summed E-state index contributed by atoms with van der Waals surface area (Å²) < 4.78 is 52.7. The van der Waals surface area contributed by atoms with E-state index in [-0.39, 0.29) is 18.1 Å². The second kappa shape index (κ2) is 7.43. The van der Waals surface area contributed by atoms with E-state index in [9.17, 15) is 22.4 Å². The summed E-state index contributed by atoms with van der Waals surface area (Å²) in [6, 6.07) is 2.03. The van der Waals surface area contributed by atoms with Crippen molar-refractivity contribution in [1.29, 1.82) is 0 Å². The zero-order valence-electron chi connectivity index (χ0n) is 13.0. The molecule has 2 rings (SSSR count). The zero-order chi connectivity index (χ0) is 17.9. The van der Waals surface area contributed by atoms with Gasteiger partial charge < -0.3 is 5.32 Å². The number of alkyl halides is 2. The molecule has 9 heteroatoms. The number of amides is 1. The Hall–Kier alpha value is -2.42. The third-order valence-electron chi connectivity index (χ3n) is 3.58. The van der Waals surface area contributed by atoms with E-state index in [4.69, 9.17) is 0 Å². The lowest BCUT2D eigenvalue weighted by Gasteiger charge is -2.24. The Kier molecular flexibility index (Phi) is 5.55. The van der Waals surface area contributed by atoms with Crippen molar-refractivity contribution in [2.45, 2.75) is 26.1 Å². The molecule has 130 valence electrons. The fraction of sp³-hybridized carbons (Fsp3) is 0.333. The lowest BCUT2D eigenvalue weighted by molar-refractivity contribution is -0.120. The van der Waals surface area contributed by atoms with Gasteiger partial charge in [-0.3, -0.25) is 14.3 Å². The summed E-state index contributed by atoms with van der Waals surface area (Å²) in [4.78, 5) is 17.5. The van der Waals surface area contributed by atoms with Gasteiger partial charge in [0, 0.05) is 18.5 Å². The Morgan fingerprint density at radius 2 is 2.08 bits per heavy atom. The van der Waals surface area contributed by atoms with Gasteiger partial charge in [0.05, 0.1) is 18.3 Å². The van der Waals surface area contributed by atoms with E-state index in [0.29, 0.717) is 10.6 Å². The molecule has 1 atom stereocenters. The molecule has 1 aromatic carbocycles. The lowest BCUT2D eigenvalue weighted by Crippen LogP contribution is -2.39. The molecule has 0 radical (unpaired) electrons. The smallest absolute Gasteiger partial charge is 0.319 e. The number of hydrogen-bond acceptors (Lipinski definition) is 3. The first-order chi connectivity index (χ1) is 11.3. The van der Waals surface area contributed by atoms with Crippen molar-refractivity contribution in [3.05, 3.63) is 48.1 Å². The number of carbonyl (C=O) groups excluding carboxylic acids is 1. The summed E-state index contributed by atoms with van der Waals surface area (Å²) in [6.45, 7) is -1.20. The third kappa shape index (κ3) is 4.10. The largest absolute Gasteiger partial charge is 0.322 e. The number of rotatable bonds is 6. The van der Waals surface area contributed by atoms with Crippen molar-refractivity contribution < 1.29 is 22.4 Å². The standard InChI is InChI=1S/C15H16F4N4O/c1-9(14(24)21-12-4-3-10(16)7-11(12)17)22(2)8-13-20-5-6-23(13)15(18)19/h3-7,9,15H,8H2,1-2H3,(H,21,24). The van der Waals surface area contributed by atoms with Crippen molar-refractivity contribution in [3.63, 3.8) is 0 Å². The number of likely N-dealkylation sites (N-methyl/N-ethyl adjacent to an activating group) is 1. The zero-order valence-corrected chi connectivity index (χ0v) is 13.0. The highest BCUT2D eigenvalue weighted by Gasteiger charge is 2.22. The summed E-state index contributed by atoms with van der Waals surface area (Å²) in [5.74, 6) is -2.11. The summed E-state index contributed by atoms with van der Waals surface area (Å²) >= 11 is 0. The summed E-state index contributed by atoms with van der Waals surface area (Å²) in [5.41, 5.74) is -0.157. The van der Waals surface area contributed by atoms with Gasteiger partial charge in [-0.05, 0) is 26.1 Å². The lowest BCUT2D eigenvalue weighted by atomic mass is 10.2. The Bertz CT molecular complexity index is 719. The Labute approximate surface area is 135 Å². The first-order valence-electron chi connectivity index (χ1n) is 7.05. The molecule has 1 aromatic heterocycles. The van der Waals surface area contributed by atoms with E-state index in [1.165, 1.54) is 18.0 Å². The molecule has 0 saturated heterocycles. The van der Waals surface area contributed by atoms with Crippen LogP contribution in [-0.2, 0) is 11.3 Å². The molecule has 1 N–H and O–H groups in total. The predicted octanol–water partition coefficient (Wildman–Crippen LogP) is 3.02. The maximum atomic E-state index is 13.6. The minimum atomic E-state index is -2.73. The van der Waals surface area contributed by atoms with Crippen LogP contribution in [0.1, 0.15) is 19.3 Å². The second-order valence-corrected chi connectivity index (χ2v) is 5.23. The van der Waals surface area contributed by atoms with Crippen molar-refractivity contribution >= 4 is 11.6 Å². The van der Waals surface area contributed by atoms with Crippen LogP contribution in [-0.4, -0.2) is 33.4 Å². The molecule has 1 amide bonds. The Morgan fingerprint density at radius 1 is 1.38 bits per heavy atom. The number of nitrogens with zero attached hydrogens (tertiary/aromatic N) is 3. The highest BCUT2D eigenvalue weighted by atomic mass is 19.3. The first kappa shape index (κ1) is 17.9. The van der Waals surface area contributed by atoms with E-state index in [2.05, 4.69) is 10.3 Å². The van der Waals surface area contributed by atoms with Crippen LogP contribution in [0.15, 0.2) is 30.6 Å². The number of aromatic nitrogens is 2. The van der Waals surface area contributed by atoms with Crippen LogP contribution in [0.5, 0.6) is 0 Å². The van der Waals surface area contributed by atoms with Crippen LogP contribution < -0.4 is 5.32 Å². The maximum Gasteiger partial charge on any atom is 0.319 e. The molecule has 1 heterocycles. The van der Waals surface area contributed by atoms with E-state index >= 15 is 0 Å². The van der Waals surface area contributed by atoms with E-state index in [1.54, 1.807) is 7.05 Å². The van der Waals surface area contributed by atoms with E-state index < -0.39 is 30.1 Å². The summed E-state index contributed by atoms with van der Waals surface area (Å²) in [7, 11) is 1.55. The van der Waals surface area contributed by atoms with Gasteiger partial charge in [0.25, 0.3) is 0 Å². The fourth-order valence-electron chi connectivity index (χ4n) is 2.03. The maximum absolute atomic E-state index is 13.6. The van der Waals surface area contributed by atoms with Crippen LogP contribution in [0.4, 0.5) is 23.2 Å². The van der Waals surface area contributed by atoms with Crippen LogP contribution in [0.3, 0.4) is 0 Å². The molecule has 0 spiro atoms. The number of halogens is 4. The van der Waals surface area contributed by atoms with Gasteiger partial charge in [0.1, 0.15) is 17.5 Å². The molecule has 0 aliphatic rings. The van der Waals surface area contributed by atoms with Crippen molar-refractivity contribution in [3.8, 4) is 0 Å². The van der Waals surface area contributed by atoms with Crippen molar-refractivity contribution in [2.75, 3.05) is 12.4 Å². The number of anilines is 1. The molecule has 5 nitrogen and oxygen atoms in total. The van der Waals surface area contributed by atoms with Gasteiger partial charge in [0.15, 0.2) is 0 Å². The van der Waals surface area contributed by atoms with Crippen molar-refractivity contribution in [2.24, 2.45) is 0 Å². The second-order valence-electron chi connectivity index (χ2n) is 5.23. The monoisotopic (exact) mass is 344 g/mol. The van der Waals surface area contributed by atoms with Gasteiger partial charge in [-0.15, -0.1) is 0 Å². The first-order valence-corrected chi connectivity index (χ1v) is 7.05. The molecule has 24 heavy (non-hydrogen) atoms. The molecular weight excluding hydrogens is 328 g/mol. The summed E-state index contributed by atoms with van der Waals surface area (Å²) in [6.07, 6.45) is 2.39.